The Labute approximate surface area is 219 Å². The van der Waals surface area contributed by atoms with Gasteiger partial charge in [-0.25, -0.2) is 9.59 Å². The number of hydrogen-bond donors (Lipinski definition) is 1. The zero-order valence-corrected chi connectivity index (χ0v) is 21.0. The number of aryl methyl sites for hydroxylation is 1. The highest BCUT2D eigenvalue weighted by molar-refractivity contribution is 5.96. The number of hydrogen-bond acceptors (Lipinski definition) is 5. The van der Waals surface area contributed by atoms with Gasteiger partial charge >= 0.3 is 11.9 Å². The zero-order chi connectivity index (χ0) is 26.6. The van der Waals surface area contributed by atoms with Crippen molar-refractivity contribution in [2.75, 3.05) is 6.61 Å². The highest BCUT2D eigenvalue weighted by atomic mass is 16.5. The molecule has 0 fully saturated rings. The van der Waals surface area contributed by atoms with Crippen LogP contribution in [-0.2, 0) is 4.74 Å². The molecule has 0 saturated carbocycles. The number of esters is 1. The number of pyridine rings is 1. The first-order chi connectivity index (χ1) is 18.5. The van der Waals surface area contributed by atoms with Gasteiger partial charge in [-0.05, 0) is 60.4 Å². The van der Waals surface area contributed by atoms with Crippen molar-refractivity contribution in [3.05, 3.63) is 125 Å². The van der Waals surface area contributed by atoms with E-state index in [1.165, 1.54) is 0 Å². The summed E-state index contributed by atoms with van der Waals surface area (Å²) >= 11 is 0. The summed E-state index contributed by atoms with van der Waals surface area (Å²) in [5, 5.41) is 9.61. The molecule has 38 heavy (non-hydrogen) atoms. The topological polar surface area (TPSA) is 90.1 Å². The van der Waals surface area contributed by atoms with Crippen LogP contribution in [0, 0.1) is 6.92 Å². The Hall–Kier alpha value is -4.91. The third-order valence-corrected chi connectivity index (χ3v) is 6.30. The first-order valence-electron chi connectivity index (χ1n) is 12.3. The molecule has 1 N–H and O–H groups in total. The first-order valence-corrected chi connectivity index (χ1v) is 12.3. The van der Waals surface area contributed by atoms with Crippen LogP contribution < -0.4 is 4.74 Å². The van der Waals surface area contributed by atoms with Crippen LogP contribution in [0.2, 0.25) is 0 Å². The molecule has 0 aliphatic heterocycles. The predicted molar refractivity (Wildman–Crippen MR) is 144 cm³/mol. The van der Waals surface area contributed by atoms with Gasteiger partial charge < -0.3 is 14.6 Å². The van der Waals surface area contributed by atoms with E-state index in [0.717, 1.165) is 16.7 Å². The molecule has 3 aromatic carbocycles. The molecule has 5 rings (SSSR count). The second kappa shape index (κ2) is 10.6. The fraction of sp³-hybridized carbons (Fsp3) is 0.129. The molecule has 0 saturated heterocycles. The first kappa shape index (κ1) is 24.8. The molecule has 1 atom stereocenters. The van der Waals surface area contributed by atoms with Crippen LogP contribution in [-0.4, -0.2) is 33.0 Å². The Morgan fingerprint density at radius 1 is 0.921 bits per heavy atom. The molecule has 7 nitrogen and oxygen atoms in total. The van der Waals surface area contributed by atoms with Gasteiger partial charge in [0.15, 0.2) is 6.10 Å². The van der Waals surface area contributed by atoms with Crippen molar-refractivity contribution in [2.24, 2.45) is 0 Å². The summed E-state index contributed by atoms with van der Waals surface area (Å²) in [5.41, 5.74) is 5.10. The molecular formula is C31H26N2O5. The van der Waals surface area contributed by atoms with Crippen molar-refractivity contribution in [3.8, 4) is 17.0 Å². The minimum absolute atomic E-state index is 0.217. The summed E-state index contributed by atoms with van der Waals surface area (Å²) < 4.78 is 13.6. The average molecular weight is 507 g/mol. The quantitative estimate of drug-likeness (QED) is 0.247. The number of imidazole rings is 1. The van der Waals surface area contributed by atoms with Crippen molar-refractivity contribution >= 4 is 17.6 Å². The zero-order valence-electron chi connectivity index (χ0n) is 21.0. The largest absolute Gasteiger partial charge is 0.478 e. The van der Waals surface area contributed by atoms with Crippen molar-refractivity contribution < 1.29 is 24.2 Å². The third kappa shape index (κ3) is 4.86. The lowest BCUT2D eigenvalue weighted by Crippen LogP contribution is -2.16. The van der Waals surface area contributed by atoms with Gasteiger partial charge in [0.2, 0.25) is 5.88 Å². The van der Waals surface area contributed by atoms with E-state index in [-0.39, 0.29) is 5.56 Å². The highest BCUT2D eigenvalue weighted by Gasteiger charge is 2.24. The minimum atomic E-state index is -0.994. The average Bonchev–Trinajstić information content (AvgIpc) is 3.38. The Morgan fingerprint density at radius 2 is 1.63 bits per heavy atom. The van der Waals surface area contributed by atoms with Crippen LogP contribution in [0.4, 0.5) is 0 Å². The lowest BCUT2D eigenvalue weighted by atomic mass is 9.96. The van der Waals surface area contributed by atoms with Crippen LogP contribution in [0.1, 0.15) is 50.6 Å². The van der Waals surface area contributed by atoms with Crippen LogP contribution in [0.15, 0.2) is 97.2 Å². The summed E-state index contributed by atoms with van der Waals surface area (Å²) in [6.07, 6.45) is 1.03. The molecule has 0 spiro atoms. The van der Waals surface area contributed by atoms with Crippen LogP contribution >= 0.6 is 0 Å². The van der Waals surface area contributed by atoms with E-state index in [4.69, 9.17) is 9.47 Å². The molecule has 0 unspecified atom stereocenters. The Balaban J connectivity index is 1.60. The van der Waals surface area contributed by atoms with Crippen LogP contribution in [0.3, 0.4) is 0 Å². The maximum atomic E-state index is 13.2. The van der Waals surface area contributed by atoms with E-state index in [1.54, 1.807) is 54.7 Å². The number of nitrogens with zero attached hydrogens (tertiary/aromatic N) is 2. The van der Waals surface area contributed by atoms with Crippen molar-refractivity contribution in [3.63, 3.8) is 0 Å². The van der Waals surface area contributed by atoms with Crippen LogP contribution in [0.25, 0.3) is 16.8 Å². The molecule has 0 bridgehead atoms. The highest BCUT2D eigenvalue weighted by Crippen LogP contribution is 2.32. The van der Waals surface area contributed by atoms with E-state index in [1.807, 2.05) is 60.7 Å². The number of ether oxygens (including phenoxy) is 2. The number of rotatable bonds is 8. The van der Waals surface area contributed by atoms with Gasteiger partial charge in [0.1, 0.15) is 5.65 Å². The molecule has 5 aromatic rings. The fourth-order valence-electron chi connectivity index (χ4n) is 4.44. The number of carboxylic acids is 1. The normalized spacial score (nSPS) is 11.7. The van der Waals surface area contributed by atoms with Gasteiger partial charge in [-0.15, -0.1) is 0 Å². The molecular weight excluding hydrogens is 480 g/mol. The van der Waals surface area contributed by atoms with Gasteiger partial charge in [0, 0.05) is 0 Å². The second-order valence-corrected chi connectivity index (χ2v) is 8.77. The molecule has 2 heterocycles. The van der Waals surface area contributed by atoms with Crippen molar-refractivity contribution in [2.45, 2.75) is 20.0 Å². The minimum Gasteiger partial charge on any atom is -0.478 e. The van der Waals surface area contributed by atoms with Gasteiger partial charge in [-0.2, -0.15) is 4.98 Å². The van der Waals surface area contributed by atoms with Crippen molar-refractivity contribution in [1.29, 1.82) is 0 Å². The second-order valence-electron chi connectivity index (χ2n) is 8.77. The number of benzene rings is 3. The molecule has 7 heteroatoms. The summed E-state index contributed by atoms with van der Waals surface area (Å²) in [7, 11) is 0. The molecule has 0 aliphatic rings. The number of carbonyl (C=O) groups excluding carboxylic acids is 1. The molecule has 0 amide bonds. The molecule has 0 aliphatic carbocycles. The van der Waals surface area contributed by atoms with E-state index < -0.39 is 18.0 Å². The summed E-state index contributed by atoms with van der Waals surface area (Å²) in [5.74, 6) is -0.974. The monoisotopic (exact) mass is 506 g/mol. The van der Waals surface area contributed by atoms with E-state index in [9.17, 15) is 14.7 Å². The number of aromatic carboxylic acids is 1. The number of carbonyl (C=O) groups is 2. The molecule has 190 valence electrons. The summed E-state index contributed by atoms with van der Waals surface area (Å²) in [6, 6.07) is 26.9. The fourth-order valence-corrected chi connectivity index (χ4v) is 4.44. The summed E-state index contributed by atoms with van der Waals surface area (Å²) in [6.45, 7) is 4.33. The Morgan fingerprint density at radius 3 is 2.34 bits per heavy atom. The SMILES string of the molecule is CCOc1cn2c([C@H](OC(=O)c3ccccc3)c3ccc(-c4ccccc4C(=O)O)cc3)ccc(C)c2n1. The lowest BCUT2D eigenvalue weighted by molar-refractivity contribution is 0.0368. The Kier molecular flexibility index (Phi) is 6.91. The lowest BCUT2D eigenvalue weighted by Gasteiger charge is -2.21. The Bertz CT molecular complexity index is 1610. The maximum absolute atomic E-state index is 13.2. The predicted octanol–water partition coefficient (Wildman–Crippen LogP) is 6.35. The maximum Gasteiger partial charge on any atom is 0.339 e. The number of fused-ring (bicyclic) bond motifs is 1. The van der Waals surface area contributed by atoms with E-state index in [0.29, 0.717) is 35.0 Å². The van der Waals surface area contributed by atoms with Gasteiger partial charge in [-0.1, -0.05) is 66.7 Å². The molecule has 0 radical (unpaired) electrons. The van der Waals surface area contributed by atoms with E-state index in [2.05, 4.69) is 4.98 Å². The third-order valence-electron chi connectivity index (χ3n) is 6.30. The standard InChI is InChI=1S/C31H26N2O5/c1-3-37-27-19-33-26(18-13-20(2)29(33)32-27)28(38-31(36)23-9-5-4-6-10-23)22-16-14-21(15-17-22)24-11-7-8-12-25(24)30(34)35/h4-19,28H,3H2,1-2H3,(H,34,35)/t28-/m1/s1. The van der Waals surface area contributed by atoms with Crippen LogP contribution in [0.5, 0.6) is 5.88 Å². The molecule has 2 aromatic heterocycles. The number of aromatic nitrogens is 2. The van der Waals surface area contributed by atoms with Crippen molar-refractivity contribution in [1.82, 2.24) is 9.38 Å². The van der Waals surface area contributed by atoms with E-state index >= 15 is 0 Å². The summed E-state index contributed by atoms with van der Waals surface area (Å²) in [4.78, 5) is 29.5. The number of carboxylic acid groups (broad SMARTS) is 1. The smallest absolute Gasteiger partial charge is 0.339 e. The van der Waals surface area contributed by atoms with Gasteiger partial charge in [0.05, 0.1) is 29.6 Å². The van der Waals surface area contributed by atoms with Gasteiger partial charge in [0.25, 0.3) is 0 Å². The van der Waals surface area contributed by atoms with Gasteiger partial charge in [-0.3, -0.25) is 4.40 Å².